The minimum Gasteiger partial charge on any atom is -0.497 e. The van der Waals surface area contributed by atoms with Crippen molar-refractivity contribution in [3.8, 4) is 11.6 Å². The standard InChI is InChI=1S/C19H22N4O4S/c1-26-14-5-3-12(4-6-14)15(16-17(24)23-19(28-16)20-11-21-23)22-9-7-13(8-10-22)18(25)27-2/h3-6,11,13,15,24H,7-10H2,1-2H3/p+1/t15-/m0/s1. The zero-order chi connectivity index (χ0) is 19.7. The van der Waals surface area contributed by atoms with Gasteiger partial charge in [0.1, 0.15) is 17.0 Å². The molecular weight excluding hydrogens is 380 g/mol. The van der Waals surface area contributed by atoms with Crippen molar-refractivity contribution in [2.75, 3.05) is 27.3 Å². The van der Waals surface area contributed by atoms with Gasteiger partial charge in [0.15, 0.2) is 6.04 Å². The van der Waals surface area contributed by atoms with Gasteiger partial charge in [0.2, 0.25) is 10.8 Å². The van der Waals surface area contributed by atoms with Crippen molar-refractivity contribution in [3.05, 3.63) is 41.0 Å². The zero-order valence-electron chi connectivity index (χ0n) is 15.8. The summed E-state index contributed by atoms with van der Waals surface area (Å²) in [6.07, 6.45) is 2.96. The third-order valence-electron chi connectivity index (χ3n) is 5.42. The molecule has 3 heterocycles. The second kappa shape index (κ2) is 7.76. The Hall–Kier alpha value is -2.65. The quantitative estimate of drug-likeness (QED) is 0.619. The number of hydrogen-bond donors (Lipinski definition) is 2. The summed E-state index contributed by atoms with van der Waals surface area (Å²) in [7, 11) is 3.08. The average molecular weight is 403 g/mol. The molecule has 9 heteroatoms. The summed E-state index contributed by atoms with van der Waals surface area (Å²) in [5.41, 5.74) is 1.08. The summed E-state index contributed by atoms with van der Waals surface area (Å²) in [6, 6.07) is 7.84. The summed E-state index contributed by atoms with van der Waals surface area (Å²) < 4.78 is 11.7. The molecular formula is C19H23N4O4S+. The number of piperidine rings is 1. The summed E-state index contributed by atoms with van der Waals surface area (Å²) in [6.45, 7) is 1.62. The number of rotatable bonds is 5. The third kappa shape index (κ3) is 3.31. The number of carbonyl (C=O) groups excluding carboxylic acids is 1. The molecule has 148 valence electrons. The fourth-order valence-corrected chi connectivity index (χ4v) is 5.05. The number of thiazole rings is 1. The largest absolute Gasteiger partial charge is 0.497 e. The van der Waals surface area contributed by atoms with Crippen LogP contribution in [0.3, 0.4) is 0 Å². The minimum atomic E-state index is -0.137. The van der Waals surface area contributed by atoms with Gasteiger partial charge in [-0.25, -0.2) is 4.98 Å². The Labute approximate surface area is 166 Å². The van der Waals surface area contributed by atoms with Crippen LogP contribution in [0.1, 0.15) is 29.3 Å². The molecule has 1 aromatic carbocycles. The molecule has 1 aliphatic heterocycles. The molecule has 8 nitrogen and oxygen atoms in total. The van der Waals surface area contributed by atoms with Gasteiger partial charge in [0.25, 0.3) is 0 Å². The van der Waals surface area contributed by atoms with E-state index in [9.17, 15) is 9.90 Å². The molecule has 1 aliphatic rings. The highest BCUT2D eigenvalue weighted by molar-refractivity contribution is 7.17. The molecule has 2 N–H and O–H groups in total. The molecule has 0 unspecified atom stereocenters. The van der Waals surface area contributed by atoms with Crippen LogP contribution < -0.4 is 9.64 Å². The molecule has 4 rings (SSSR count). The summed E-state index contributed by atoms with van der Waals surface area (Å²) in [4.78, 5) is 18.9. The molecule has 1 atom stereocenters. The van der Waals surface area contributed by atoms with E-state index in [1.807, 2.05) is 24.3 Å². The van der Waals surface area contributed by atoms with Gasteiger partial charge in [-0.1, -0.05) is 11.3 Å². The Morgan fingerprint density at radius 1 is 1.29 bits per heavy atom. The number of aromatic hydroxyl groups is 1. The first-order valence-electron chi connectivity index (χ1n) is 9.20. The summed E-state index contributed by atoms with van der Waals surface area (Å²) in [5, 5.41) is 14.9. The van der Waals surface area contributed by atoms with Gasteiger partial charge in [0, 0.05) is 18.4 Å². The highest BCUT2D eigenvalue weighted by atomic mass is 32.1. The van der Waals surface area contributed by atoms with Crippen LogP contribution in [0.15, 0.2) is 30.6 Å². The Balaban J connectivity index is 1.68. The molecule has 3 aromatic rings. The van der Waals surface area contributed by atoms with Crippen LogP contribution in [0.4, 0.5) is 0 Å². The van der Waals surface area contributed by atoms with E-state index in [1.165, 1.54) is 34.2 Å². The van der Waals surface area contributed by atoms with Crippen molar-refractivity contribution in [3.63, 3.8) is 0 Å². The van der Waals surface area contributed by atoms with Gasteiger partial charge >= 0.3 is 5.97 Å². The maximum atomic E-state index is 11.9. The first kappa shape index (κ1) is 18.7. The highest BCUT2D eigenvalue weighted by Crippen LogP contribution is 2.35. The predicted molar refractivity (Wildman–Crippen MR) is 103 cm³/mol. The van der Waals surface area contributed by atoms with E-state index in [-0.39, 0.29) is 23.8 Å². The van der Waals surface area contributed by atoms with E-state index < -0.39 is 0 Å². The lowest BCUT2D eigenvalue weighted by molar-refractivity contribution is -0.930. The smallest absolute Gasteiger partial charge is 0.309 e. The van der Waals surface area contributed by atoms with Crippen molar-refractivity contribution < 1.29 is 24.3 Å². The minimum absolute atomic E-state index is 0.0545. The van der Waals surface area contributed by atoms with Crippen LogP contribution in [0.5, 0.6) is 11.6 Å². The number of fused-ring (bicyclic) bond motifs is 1. The highest BCUT2D eigenvalue weighted by Gasteiger charge is 2.37. The van der Waals surface area contributed by atoms with Gasteiger partial charge in [0.05, 0.1) is 33.2 Å². The lowest BCUT2D eigenvalue weighted by Gasteiger charge is -2.33. The number of nitrogens with zero attached hydrogens (tertiary/aromatic N) is 3. The van der Waals surface area contributed by atoms with Gasteiger partial charge < -0.3 is 19.5 Å². The first-order valence-corrected chi connectivity index (χ1v) is 10.0. The van der Waals surface area contributed by atoms with Crippen molar-refractivity contribution in [2.24, 2.45) is 5.92 Å². The summed E-state index contributed by atoms with van der Waals surface area (Å²) in [5.74, 6) is 0.720. The van der Waals surface area contributed by atoms with E-state index in [0.717, 1.165) is 42.1 Å². The second-order valence-corrected chi connectivity index (χ2v) is 7.92. The van der Waals surface area contributed by atoms with Gasteiger partial charge in [-0.05, 0) is 24.3 Å². The van der Waals surface area contributed by atoms with Crippen LogP contribution in [-0.2, 0) is 9.53 Å². The van der Waals surface area contributed by atoms with Crippen LogP contribution in [0.25, 0.3) is 4.96 Å². The number of ether oxygens (including phenoxy) is 2. The first-order chi connectivity index (χ1) is 13.6. The van der Waals surface area contributed by atoms with E-state index in [4.69, 9.17) is 9.47 Å². The molecule has 0 radical (unpaired) electrons. The number of benzene rings is 1. The SMILES string of the molecule is COC(=O)C1CC[NH+]([C@@H](c2ccc(OC)cc2)c2sc3ncnn3c2O)CC1. The lowest BCUT2D eigenvalue weighted by Crippen LogP contribution is -3.13. The van der Waals surface area contributed by atoms with Crippen LogP contribution in [-0.4, -0.2) is 53.0 Å². The van der Waals surface area contributed by atoms with Gasteiger partial charge in [-0.15, -0.1) is 0 Å². The molecule has 0 amide bonds. The molecule has 28 heavy (non-hydrogen) atoms. The average Bonchev–Trinajstić information content (AvgIpc) is 3.32. The Morgan fingerprint density at radius 3 is 2.61 bits per heavy atom. The topological polar surface area (TPSA) is 90.4 Å². The molecule has 0 saturated carbocycles. The van der Waals surface area contributed by atoms with E-state index in [2.05, 4.69) is 10.1 Å². The number of likely N-dealkylation sites (tertiary alicyclic amines) is 1. The number of hydrogen-bond acceptors (Lipinski definition) is 7. The van der Waals surface area contributed by atoms with Gasteiger partial charge in [-0.3, -0.25) is 4.79 Å². The van der Waals surface area contributed by atoms with Crippen molar-refractivity contribution >= 4 is 22.3 Å². The predicted octanol–water partition coefficient (Wildman–Crippen LogP) is 1.06. The van der Waals surface area contributed by atoms with Crippen LogP contribution in [0.2, 0.25) is 0 Å². The summed E-state index contributed by atoms with van der Waals surface area (Å²) >= 11 is 1.44. The molecule has 0 bridgehead atoms. The number of nitrogens with one attached hydrogen (secondary N) is 1. The molecule has 1 fully saturated rings. The molecule has 0 spiro atoms. The Morgan fingerprint density at radius 2 is 2.00 bits per heavy atom. The molecule has 1 saturated heterocycles. The number of quaternary nitrogens is 1. The Bertz CT molecular complexity index is 960. The van der Waals surface area contributed by atoms with Crippen LogP contribution in [0, 0.1) is 5.92 Å². The number of methoxy groups -OCH3 is 2. The maximum absolute atomic E-state index is 11.9. The van der Waals surface area contributed by atoms with E-state index in [0.29, 0.717) is 4.96 Å². The second-order valence-electron chi connectivity index (χ2n) is 6.91. The number of carbonyl (C=O) groups is 1. The fraction of sp³-hybridized carbons (Fsp3) is 0.421. The van der Waals surface area contributed by atoms with Crippen LogP contribution >= 0.6 is 11.3 Å². The number of esters is 1. The fourth-order valence-electron chi connectivity index (χ4n) is 3.93. The maximum Gasteiger partial charge on any atom is 0.309 e. The van der Waals surface area contributed by atoms with E-state index >= 15 is 0 Å². The third-order valence-corrected chi connectivity index (χ3v) is 6.52. The lowest BCUT2D eigenvalue weighted by atomic mass is 9.93. The number of aromatic nitrogens is 3. The van der Waals surface area contributed by atoms with Crippen molar-refractivity contribution in [1.29, 1.82) is 0 Å². The van der Waals surface area contributed by atoms with E-state index in [1.54, 1.807) is 7.11 Å². The van der Waals surface area contributed by atoms with Gasteiger partial charge in [-0.2, -0.15) is 9.61 Å². The Kier molecular flexibility index (Phi) is 5.19. The van der Waals surface area contributed by atoms with Crippen molar-refractivity contribution in [2.45, 2.75) is 18.9 Å². The normalized spacial score (nSPS) is 20.8. The monoisotopic (exact) mass is 403 g/mol. The zero-order valence-corrected chi connectivity index (χ0v) is 16.6. The molecule has 2 aromatic heterocycles. The molecule has 0 aliphatic carbocycles. The van der Waals surface area contributed by atoms with Crippen molar-refractivity contribution in [1.82, 2.24) is 14.6 Å².